The Morgan fingerprint density at radius 3 is 2.59 bits per heavy atom. The maximum atomic E-state index is 12.2. The van der Waals surface area contributed by atoms with Gasteiger partial charge in [-0.3, -0.25) is 19.6 Å². The second kappa shape index (κ2) is 8.41. The predicted octanol–water partition coefficient (Wildman–Crippen LogP) is 2.28. The summed E-state index contributed by atoms with van der Waals surface area (Å²) in [4.78, 5) is 33.9. The van der Waals surface area contributed by atoms with Crippen molar-refractivity contribution in [2.45, 2.75) is 33.4 Å². The van der Waals surface area contributed by atoms with Crippen molar-refractivity contribution in [1.29, 1.82) is 0 Å². The molecule has 0 aliphatic carbocycles. The van der Waals surface area contributed by atoms with Gasteiger partial charge in [-0.25, -0.2) is 4.79 Å². The molecule has 144 valence electrons. The summed E-state index contributed by atoms with van der Waals surface area (Å²) in [6.07, 6.45) is 0.0238. The van der Waals surface area contributed by atoms with E-state index in [0.29, 0.717) is 16.9 Å². The van der Waals surface area contributed by atoms with Crippen LogP contribution in [0.5, 0.6) is 0 Å². The third kappa shape index (κ3) is 4.88. The molecule has 1 aromatic heterocycles. The molecule has 0 saturated heterocycles. The normalized spacial score (nSPS) is 10.6. The van der Waals surface area contributed by atoms with E-state index in [0.717, 1.165) is 0 Å². The third-order valence-corrected chi connectivity index (χ3v) is 3.91. The highest BCUT2D eigenvalue weighted by atomic mass is 16.6. The standard InChI is InChI=1S/C17H20N4O6/c1-10-16(21(25)26)11(2)20(19-10)5-4-15(22)18-14-7-12(9-27-3)6-13(8-14)17(23)24/h6-8H,4-5,9H2,1-3H3,(H,18,22)(H,23,24). The van der Waals surface area contributed by atoms with Crippen LogP contribution >= 0.6 is 0 Å². The number of carbonyl (C=O) groups excluding carboxylic acids is 1. The van der Waals surface area contributed by atoms with Gasteiger partial charge >= 0.3 is 11.7 Å². The molecule has 0 bridgehead atoms. The van der Waals surface area contributed by atoms with Crippen molar-refractivity contribution in [1.82, 2.24) is 9.78 Å². The highest BCUT2D eigenvalue weighted by molar-refractivity contribution is 5.94. The number of aromatic carboxylic acids is 1. The van der Waals surface area contributed by atoms with Crippen LogP contribution < -0.4 is 5.32 Å². The second-order valence-electron chi connectivity index (χ2n) is 5.95. The first-order valence-corrected chi connectivity index (χ1v) is 8.07. The zero-order valence-electron chi connectivity index (χ0n) is 15.2. The van der Waals surface area contributed by atoms with E-state index in [1.54, 1.807) is 13.0 Å². The summed E-state index contributed by atoms with van der Waals surface area (Å²) >= 11 is 0. The molecule has 1 amide bonds. The molecule has 27 heavy (non-hydrogen) atoms. The first-order valence-electron chi connectivity index (χ1n) is 8.07. The quantitative estimate of drug-likeness (QED) is 0.532. The Bertz CT molecular complexity index is 890. The van der Waals surface area contributed by atoms with Gasteiger partial charge in [0, 0.05) is 19.2 Å². The fourth-order valence-corrected chi connectivity index (χ4v) is 2.74. The van der Waals surface area contributed by atoms with Crippen molar-refractivity contribution in [3.05, 3.63) is 50.8 Å². The Labute approximate surface area is 154 Å². The van der Waals surface area contributed by atoms with Gasteiger partial charge in [-0.05, 0) is 37.6 Å². The summed E-state index contributed by atoms with van der Waals surface area (Å²) in [6, 6.07) is 4.45. The van der Waals surface area contributed by atoms with E-state index in [9.17, 15) is 24.8 Å². The number of aromatic nitrogens is 2. The fraction of sp³-hybridized carbons (Fsp3) is 0.353. The van der Waals surface area contributed by atoms with E-state index in [-0.39, 0.29) is 42.4 Å². The average Bonchev–Trinajstić information content (AvgIpc) is 2.86. The lowest BCUT2D eigenvalue weighted by Crippen LogP contribution is -2.16. The number of carboxylic acid groups (broad SMARTS) is 1. The molecule has 2 N–H and O–H groups in total. The second-order valence-corrected chi connectivity index (χ2v) is 5.95. The van der Waals surface area contributed by atoms with Crippen LogP contribution in [0.4, 0.5) is 11.4 Å². The number of nitrogens with zero attached hydrogens (tertiary/aromatic N) is 3. The molecule has 0 atom stereocenters. The van der Waals surface area contributed by atoms with Crippen molar-refractivity contribution in [3.8, 4) is 0 Å². The number of methoxy groups -OCH3 is 1. The van der Waals surface area contributed by atoms with Gasteiger partial charge < -0.3 is 15.2 Å². The highest BCUT2D eigenvalue weighted by Crippen LogP contribution is 2.22. The Balaban J connectivity index is 2.09. The minimum Gasteiger partial charge on any atom is -0.478 e. The number of hydrogen-bond donors (Lipinski definition) is 2. The molecular formula is C17H20N4O6. The van der Waals surface area contributed by atoms with Crippen LogP contribution in [0.1, 0.15) is 33.7 Å². The maximum Gasteiger partial charge on any atom is 0.335 e. The van der Waals surface area contributed by atoms with Crippen LogP contribution in [0.25, 0.3) is 0 Å². The van der Waals surface area contributed by atoms with E-state index in [1.807, 2.05) is 0 Å². The van der Waals surface area contributed by atoms with Gasteiger partial charge in [0.2, 0.25) is 5.91 Å². The molecule has 0 radical (unpaired) electrons. The largest absolute Gasteiger partial charge is 0.478 e. The topological polar surface area (TPSA) is 137 Å². The van der Waals surface area contributed by atoms with Crippen LogP contribution in [0, 0.1) is 24.0 Å². The summed E-state index contributed by atoms with van der Waals surface area (Å²) in [6.45, 7) is 3.48. The van der Waals surface area contributed by atoms with Gasteiger partial charge in [0.25, 0.3) is 0 Å². The number of ether oxygens (including phenoxy) is 1. The molecule has 10 heteroatoms. The van der Waals surface area contributed by atoms with Crippen molar-refractivity contribution >= 4 is 23.3 Å². The third-order valence-electron chi connectivity index (χ3n) is 3.91. The number of aryl methyl sites for hydroxylation is 2. The van der Waals surface area contributed by atoms with Crippen molar-refractivity contribution < 1.29 is 24.4 Å². The van der Waals surface area contributed by atoms with Gasteiger partial charge in [-0.15, -0.1) is 0 Å². The molecule has 0 fully saturated rings. The van der Waals surface area contributed by atoms with Gasteiger partial charge in [0.15, 0.2) is 0 Å². The van der Waals surface area contributed by atoms with E-state index in [2.05, 4.69) is 10.4 Å². The summed E-state index contributed by atoms with van der Waals surface area (Å²) in [5.41, 5.74) is 1.59. The highest BCUT2D eigenvalue weighted by Gasteiger charge is 2.21. The number of nitrogens with one attached hydrogen (secondary N) is 1. The molecule has 1 heterocycles. The number of carbonyl (C=O) groups is 2. The molecule has 0 aliphatic heterocycles. The monoisotopic (exact) mass is 376 g/mol. The number of amides is 1. The smallest absolute Gasteiger partial charge is 0.335 e. The Morgan fingerprint density at radius 1 is 1.33 bits per heavy atom. The number of rotatable bonds is 8. The minimum absolute atomic E-state index is 0.0238. The number of nitro groups is 1. The fourth-order valence-electron chi connectivity index (χ4n) is 2.74. The van der Waals surface area contributed by atoms with Gasteiger partial charge in [0.1, 0.15) is 11.4 Å². The predicted molar refractivity (Wildman–Crippen MR) is 95.7 cm³/mol. The lowest BCUT2D eigenvalue weighted by Gasteiger charge is -2.10. The zero-order chi connectivity index (χ0) is 20.1. The number of benzene rings is 1. The molecule has 0 spiro atoms. The van der Waals surface area contributed by atoms with Gasteiger partial charge in [-0.1, -0.05) is 0 Å². The number of anilines is 1. The van der Waals surface area contributed by atoms with Crippen molar-refractivity contribution in [2.24, 2.45) is 0 Å². The van der Waals surface area contributed by atoms with E-state index in [4.69, 9.17) is 4.74 Å². The van der Waals surface area contributed by atoms with Crippen LogP contribution in [-0.2, 0) is 22.7 Å². The molecule has 2 aromatic rings. The number of carboxylic acids is 1. The first kappa shape index (κ1) is 20.0. The molecule has 2 rings (SSSR count). The SMILES string of the molecule is COCc1cc(NC(=O)CCn2nc(C)c([N+](=O)[O-])c2C)cc(C(=O)O)c1. The van der Waals surface area contributed by atoms with Gasteiger partial charge in [-0.2, -0.15) is 5.10 Å². The molecule has 0 aliphatic rings. The van der Waals surface area contributed by atoms with Crippen LogP contribution in [0.3, 0.4) is 0 Å². The maximum absolute atomic E-state index is 12.2. The van der Waals surface area contributed by atoms with E-state index in [1.165, 1.54) is 30.8 Å². The summed E-state index contributed by atoms with van der Waals surface area (Å²) in [5, 5.41) is 26.9. The van der Waals surface area contributed by atoms with Gasteiger partial charge in [0.05, 0.1) is 23.6 Å². The average molecular weight is 376 g/mol. The summed E-state index contributed by atoms with van der Waals surface area (Å²) in [5.74, 6) is -1.48. The van der Waals surface area contributed by atoms with E-state index >= 15 is 0 Å². The van der Waals surface area contributed by atoms with E-state index < -0.39 is 10.9 Å². The Hall–Kier alpha value is -3.27. The lowest BCUT2D eigenvalue weighted by atomic mass is 10.1. The van der Waals surface area contributed by atoms with Crippen LogP contribution in [0.15, 0.2) is 18.2 Å². The first-order chi connectivity index (χ1) is 12.7. The molecule has 0 saturated carbocycles. The Morgan fingerprint density at radius 2 is 2.04 bits per heavy atom. The minimum atomic E-state index is -1.11. The van der Waals surface area contributed by atoms with Crippen molar-refractivity contribution in [2.75, 3.05) is 12.4 Å². The molecule has 1 aromatic carbocycles. The number of hydrogen-bond acceptors (Lipinski definition) is 6. The summed E-state index contributed by atoms with van der Waals surface area (Å²) < 4.78 is 6.42. The molecule has 0 unspecified atom stereocenters. The Kier molecular flexibility index (Phi) is 6.24. The molecule has 10 nitrogen and oxygen atoms in total. The van der Waals surface area contributed by atoms with Crippen LogP contribution in [0.2, 0.25) is 0 Å². The van der Waals surface area contributed by atoms with Crippen molar-refractivity contribution in [3.63, 3.8) is 0 Å². The zero-order valence-corrected chi connectivity index (χ0v) is 15.2. The molecular weight excluding hydrogens is 356 g/mol. The van der Waals surface area contributed by atoms with Crippen LogP contribution in [-0.4, -0.2) is 38.8 Å². The lowest BCUT2D eigenvalue weighted by molar-refractivity contribution is -0.386. The summed E-state index contributed by atoms with van der Waals surface area (Å²) in [7, 11) is 1.49.